The Morgan fingerprint density at radius 2 is 1.30 bits per heavy atom. The number of hydrogen-bond donors (Lipinski definition) is 0. The van der Waals surface area contributed by atoms with Crippen LogP contribution in [0.1, 0.15) is 55.2 Å². The second-order valence-electron chi connectivity index (χ2n) is 13.5. The summed E-state index contributed by atoms with van der Waals surface area (Å²) in [5.41, 5.74) is 11.6. The van der Waals surface area contributed by atoms with Gasteiger partial charge in [-0.05, 0) is 77.1 Å². The lowest BCUT2D eigenvalue weighted by Gasteiger charge is -2.38. The van der Waals surface area contributed by atoms with E-state index in [0.29, 0.717) is 0 Å². The van der Waals surface area contributed by atoms with E-state index in [0.717, 1.165) is 41.8 Å². The van der Waals surface area contributed by atoms with Crippen LogP contribution in [0.25, 0.3) is 54.8 Å². The van der Waals surface area contributed by atoms with Crippen LogP contribution in [-0.2, 0) is 11.8 Å². The Bertz CT molecular complexity index is 2500. The zero-order valence-corrected chi connectivity index (χ0v) is 26.0. The maximum absolute atomic E-state index is 6.81. The topological polar surface area (TPSA) is 29.5 Å². The van der Waals surface area contributed by atoms with Gasteiger partial charge in [0.05, 0.1) is 6.04 Å². The molecule has 2 aliphatic carbocycles. The van der Waals surface area contributed by atoms with Gasteiger partial charge in [-0.15, -0.1) is 0 Å². The highest BCUT2D eigenvalue weighted by molar-refractivity contribution is 6.25. The first-order chi connectivity index (χ1) is 22.6. The van der Waals surface area contributed by atoms with Crippen molar-refractivity contribution in [1.82, 2.24) is 0 Å². The van der Waals surface area contributed by atoms with Crippen LogP contribution in [-0.4, -0.2) is 0 Å². The molecule has 0 saturated heterocycles. The summed E-state index contributed by atoms with van der Waals surface area (Å²) in [5, 5.41) is 6.18. The first-order valence-electron chi connectivity index (χ1n) is 16.5. The molecule has 0 N–H and O–H groups in total. The molecule has 1 atom stereocenters. The molecule has 222 valence electrons. The van der Waals surface area contributed by atoms with Gasteiger partial charge in [-0.2, -0.15) is 0 Å². The van der Waals surface area contributed by atoms with Crippen LogP contribution >= 0.6 is 0 Å². The summed E-state index contributed by atoms with van der Waals surface area (Å²) in [7, 11) is 0. The van der Waals surface area contributed by atoms with Gasteiger partial charge in [0.2, 0.25) is 0 Å². The Labute approximate surface area is 267 Å². The van der Waals surface area contributed by atoms with Crippen molar-refractivity contribution < 1.29 is 8.83 Å². The standard InChI is InChI=1S/C43H33NO2/c1-43(2)39-32(38-40(43)29-18-7-6-17-28(29)37-31-19-9-11-25-36(31)46-42(37)38)21-13-22-33(39)44(26-14-4-3-5-15-26)34-23-12-20-30-27-16-8-10-24-35(27)45-41(30)34/h3-11,13-19,21-22,24-25,34H,12,20,23H2,1-2H3. The van der Waals surface area contributed by atoms with Gasteiger partial charge in [0.15, 0.2) is 0 Å². The SMILES string of the molecule is CC1(C)c2c(cccc2N(c2ccccc2)C2CCCc3c2oc2ccccc32)-c2c1c1ccccc1c1c2oc2ccccc21. The molecule has 0 fully saturated rings. The highest BCUT2D eigenvalue weighted by Gasteiger charge is 2.44. The third-order valence-electron chi connectivity index (χ3n) is 10.6. The molecule has 10 rings (SSSR count). The van der Waals surface area contributed by atoms with Crippen molar-refractivity contribution in [2.24, 2.45) is 0 Å². The van der Waals surface area contributed by atoms with Crippen molar-refractivity contribution >= 4 is 55.1 Å². The Balaban J connectivity index is 1.29. The minimum absolute atomic E-state index is 0.0764. The third-order valence-corrected chi connectivity index (χ3v) is 10.6. The second-order valence-corrected chi connectivity index (χ2v) is 13.5. The fourth-order valence-electron chi connectivity index (χ4n) is 8.86. The van der Waals surface area contributed by atoms with E-state index in [1.165, 1.54) is 66.1 Å². The number of aryl methyl sites for hydroxylation is 1. The van der Waals surface area contributed by atoms with E-state index in [4.69, 9.17) is 8.83 Å². The van der Waals surface area contributed by atoms with Crippen molar-refractivity contribution in [3.05, 3.63) is 144 Å². The lowest BCUT2D eigenvalue weighted by atomic mass is 9.78. The van der Waals surface area contributed by atoms with Crippen LogP contribution in [0.5, 0.6) is 0 Å². The molecule has 0 amide bonds. The van der Waals surface area contributed by atoms with Crippen LogP contribution < -0.4 is 4.90 Å². The minimum Gasteiger partial charge on any atom is -0.459 e. The fourth-order valence-corrected chi connectivity index (χ4v) is 8.86. The molecule has 3 nitrogen and oxygen atoms in total. The van der Waals surface area contributed by atoms with E-state index >= 15 is 0 Å². The van der Waals surface area contributed by atoms with Gasteiger partial charge in [-0.1, -0.05) is 105 Å². The number of furan rings is 2. The Morgan fingerprint density at radius 3 is 2.11 bits per heavy atom. The fraction of sp³-hybridized carbons (Fsp3) is 0.163. The summed E-state index contributed by atoms with van der Waals surface area (Å²) in [5.74, 6) is 1.10. The minimum atomic E-state index is -0.285. The molecule has 0 bridgehead atoms. The summed E-state index contributed by atoms with van der Waals surface area (Å²) in [6, 6.07) is 43.8. The molecular formula is C43H33NO2. The molecule has 0 radical (unpaired) electrons. The number of nitrogens with zero attached hydrogens (tertiary/aromatic N) is 1. The van der Waals surface area contributed by atoms with Crippen LogP contribution in [0.4, 0.5) is 11.4 Å². The molecule has 6 aromatic carbocycles. The van der Waals surface area contributed by atoms with Crippen molar-refractivity contribution in [3.63, 3.8) is 0 Å². The van der Waals surface area contributed by atoms with Gasteiger partial charge in [0.25, 0.3) is 0 Å². The molecule has 46 heavy (non-hydrogen) atoms. The molecule has 8 aromatic rings. The maximum Gasteiger partial charge on any atom is 0.144 e. The lowest BCUT2D eigenvalue weighted by molar-refractivity contribution is 0.436. The van der Waals surface area contributed by atoms with E-state index in [2.05, 4.69) is 140 Å². The van der Waals surface area contributed by atoms with Crippen LogP contribution in [0.3, 0.4) is 0 Å². The normalized spacial score (nSPS) is 16.6. The molecule has 2 aromatic heterocycles. The first-order valence-corrected chi connectivity index (χ1v) is 16.5. The molecule has 0 saturated carbocycles. The van der Waals surface area contributed by atoms with Crippen molar-refractivity contribution in [2.75, 3.05) is 4.90 Å². The zero-order chi connectivity index (χ0) is 30.6. The predicted molar refractivity (Wildman–Crippen MR) is 189 cm³/mol. The Morgan fingerprint density at radius 1 is 0.630 bits per heavy atom. The van der Waals surface area contributed by atoms with E-state index < -0.39 is 0 Å². The van der Waals surface area contributed by atoms with Crippen LogP contribution in [0, 0.1) is 0 Å². The molecule has 2 heterocycles. The second kappa shape index (κ2) is 9.37. The molecular weight excluding hydrogens is 562 g/mol. The predicted octanol–water partition coefficient (Wildman–Crippen LogP) is 12.0. The quantitative estimate of drug-likeness (QED) is 0.203. The van der Waals surface area contributed by atoms with Gasteiger partial charge in [0.1, 0.15) is 22.5 Å². The number of benzene rings is 6. The molecule has 3 heteroatoms. The van der Waals surface area contributed by atoms with Crippen molar-refractivity contribution in [3.8, 4) is 11.1 Å². The number of fused-ring (bicyclic) bond motifs is 13. The summed E-state index contributed by atoms with van der Waals surface area (Å²) in [6.45, 7) is 4.80. The van der Waals surface area contributed by atoms with Crippen molar-refractivity contribution in [2.45, 2.75) is 44.6 Å². The zero-order valence-electron chi connectivity index (χ0n) is 26.0. The van der Waals surface area contributed by atoms with E-state index in [1.807, 2.05) is 0 Å². The monoisotopic (exact) mass is 595 g/mol. The highest BCUT2D eigenvalue weighted by Crippen LogP contribution is 2.59. The van der Waals surface area contributed by atoms with E-state index in [9.17, 15) is 0 Å². The summed E-state index contributed by atoms with van der Waals surface area (Å²) in [4.78, 5) is 2.57. The average molecular weight is 596 g/mol. The third kappa shape index (κ3) is 3.38. The molecule has 0 aliphatic heterocycles. The van der Waals surface area contributed by atoms with Gasteiger partial charge >= 0.3 is 0 Å². The largest absolute Gasteiger partial charge is 0.459 e. The molecule has 1 unspecified atom stereocenters. The Hall–Kier alpha value is -5.28. The average Bonchev–Trinajstić information content (AvgIpc) is 3.74. The first kappa shape index (κ1) is 26.0. The molecule has 2 aliphatic rings. The van der Waals surface area contributed by atoms with Crippen LogP contribution in [0.2, 0.25) is 0 Å². The highest BCUT2D eigenvalue weighted by atomic mass is 16.3. The summed E-state index contributed by atoms with van der Waals surface area (Å²) in [6.07, 6.45) is 3.19. The Kier molecular flexibility index (Phi) is 5.29. The van der Waals surface area contributed by atoms with Gasteiger partial charge in [0, 0.05) is 44.1 Å². The lowest BCUT2D eigenvalue weighted by Crippen LogP contribution is -2.29. The molecule has 0 spiro atoms. The van der Waals surface area contributed by atoms with E-state index in [1.54, 1.807) is 0 Å². The number of para-hydroxylation sites is 3. The van der Waals surface area contributed by atoms with Gasteiger partial charge in [-0.3, -0.25) is 0 Å². The number of rotatable bonds is 3. The van der Waals surface area contributed by atoms with Gasteiger partial charge in [-0.25, -0.2) is 0 Å². The summed E-state index contributed by atoms with van der Waals surface area (Å²) < 4.78 is 13.6. The number of anilines is 2. The smallest absolute Gasteiger partial charge is 0.144 e. The summed E-state index contributed by atoms with van der Waals surface area (Å²) >= 11 is 0. The number of hydrogen-bond acceptors (Lipinski definition) is 3. The van der Waals surface area contributed by atoms with Gasteiger partial charge < -0.3 is 13.7 Å². The van der Waals surface area contributed by atoms with E-state index in [-0.39, 0.29) is 11.5 Å². The van der Waals surface area contributed by atoms with Crippen LogP contribution in [0.15, 0.2) is 130 Å². The van der Waals surface area contributed by atoms with Crippen molar-refractivity contribution in [1.29, 1.82) is 0 Å². The maximum atomic E-state index is 6.81.